The number of nitriles is 1. The number of alkyl carbamates (subject to hydrolysis) is 1. The van der Waals surface area contributed by atoms with Gasteiger partial charge in [-0.3, -0.25) is 9.59 Å². The second-order valence-corrected chi connectivity index (χ2v) is 11.8. The number of nitrogens with one attached hydrogen (secondary N) is 2. The first kappa shape index (κ1) is 37.7. The fourth-order valence-corrected chi connectivity index (χ4v) is 4.78. The SMILES string of the molecule is COc1cc(C(=O)NCC(O)(c2cc(C(C)(C)NC(=O)OCc3ccccc3)cc(-c3ccc(C#N)cc3)n2)C(F)(F)F)ccc1OCC(N)=O. The largest absolute Gasteiger partial charge is 0.493 e. The Kier molecular flexibility index (Phi) is 11.5. The Hall–Kier alpha value is -6.14. The number of aliphatic hydroxyl groups is 1. The first-order valence-corrected chi connectivity index (χ1v) is 15.2. The van der Waals surface area contributed by atoms with Crippen molar-refractivity contribution in [2.75, 3.05) is 20.3 Å². The molecule has 1 aromatic heterocycles. The van der Waals surface area contributed by atoms with Crippen LogP contribution in [0.4, 0.5) is 18.0 Å². The molecule has 0 aliphatic heterocycles. The number of benzene rings is 3. The molecule has 5 N–H and O–H groups in total. The third kappa shape index (κ3) is 9.31. The fraction of sp³-hybridized carbons (Fsp3) is 0.250. The standard InChI is InChI=1S/C36H34F3N5O7/c1-34(2,44-33(47)51-19-23-7-5-4-6-8-23)26-16-27(24-11-9-22(18-40)10-12-24)43-30(17-26)35(48,36(37,38)39)21-42-32(46)25-13-14-28(29(15-25)49-3)50-20-31(41)45/h4-17,48H,19-21H2,1-3H3,(H2,41,45)(H,42,46)(H,44,47). The quantitative estimate of drug-likeness (QED) is 0.151. The first-order valence-electron chi connectivity index (χ1n) is 15.2. The van der Waals surface area contributed by atoms with Gasteiger partial charge in [0.15, 0.2) is 18.1 Å². The van der Waals surface area contributed by atoms with Crippen molar-refractivity contribution in [2.24, 2.45) is 5.73 Å². The molecule has 1 heterocycles. The van der Waals surface area contributed by atoms with Gasteiger partial charge in [0.1, 0.15) is 6.61 Å². The van der Waals surface area contributed by atoms with Crippen molar-refractivity contribution < 1.29 is 46.9 Å². The number of aromatic nitrogens is 1. The number of halogens is 3. The summed E-state index contributed by atoms with van der Waals surface area (Å²) in [6.45, 7) is 1.13. The summed E-state index contributed by atoms with van der Waals surface area (Å²) in [4.78, 5) is 41.2. The Morgan fingerprint density at radius 3 is 2.25 bits per heavy atom. The highest BCUT2D eigenvalue weighted by Crippen LogP contribution is 2.40. The van der Waals surface area contributed by atoms with Crippen LogP contribution in [0.1, 0.15) is 46.6 Å². The summed E-state index contributed by atoms with van der Waals surface area (Å²) in [5.74, 6) is -1.74. The molecule has 3 amide bonds. The maximum Gasteiger partial charge on any atom is 0.424 e. The predicted molar refractivity (Wildman–Crippen MR) is 177 cm³/mol. The molecule has 0 bridgehead atoms. The number of carbonyl (C=O) groups excluding carboxylic acids is 3. The van der Waals surface area contributed by atoms with Crippen LogP contribution in [0, 0.1) is 11.3 Å². The third-order valence-electron chi connectivity index (χ3n) is 7.68. The molecule has 15 heteroatoms. The van der Waals surface area contributed by atoms with Gasteiger partial charge in [-0.2, -0.15) is 18.4 Å². The average Bonchev–Trinajstić information content (AvgIpc) is 3.11. The van der Waals surface area contributed by atoms with Crippen LogP contribution >= 0.6 is 0 Å². The molecule has 4 aromatic rings. The smallest absolute Gasteiger partial charge is 0.424 e. The molecule has 266 valence electrons. The number of pyridine rings is 1. The molecule has 0 fully saturated rings. The zero-order valence-electron chi connectivity index (χ0n) is 27.7. The molecular formula is C36H34F3N5O7. The average molecular weight is 706 g/mol. The van der Waals surface area contributed by atoms with Gasteiger partial charge in [-0.15, -0.1) is 0 Å². The topological polar surface area (TPSA) is 186 Å². The lowest BCUT2D eigenvalue weighted by molar-refractivity contribution is -0.265. The van der Waals surface area contributed by atoms with E-state index in [0.717, 1.165) is 6.07 Å². The Morgan fingerprint density at radius 2 is 1.65 bits per heavy atom. The number of hydrogen-bond donors (Lipinski definition) is 4. The lowest BCUT2D eigenvalue weighted by Crippen LogP contribution is -2.52. The zero-order valence-corrected chi connectivity index (χ0v) is 27.7. The molecule has 0 saturated carbocycles. The van der Waals surface area contributed by atoms with E-state index in [2.05, 4.69) is 15.6 Å². The molecule has 0 radical (unpaired) electrons. The van der Waals surface area contributed by atoms with Gasteiger partial charge in [-0.1, -0.05) is 42.5 Å². The minimum Gasteiger partial charge on any atom is -0.493 e. The molecule has 12 nitrogen and oxygen atoms in total. The molecule has 0 aliphatic rings. The van der Waals surface area contributed by atoms with E-state index in [9.17, 15) is 37.9 Å². The van der Waals surface area contributed by atoms with Crippen LogP contribution in [-0.4, -0.2) is 54.4 Å². The number of hydrogen-bond acceptors (Lipinski definition) is 9. The number of primary amides is 1. The van der Waals surface area contributed by atoms with Gasteiger partial charge in [0.25, 0.3) is 11.8 Å². The highest BCUT2D eigenvalue weighted by molar-refractivity contribution is 5.95. The monoisotopic (exact) mass is 705 g/mol. The summed E-state index contributed by atoms with van der Waals surface area (Å²) in [7, 11) is 1.25. The second-order valence-electron chi connectivity index (χ2n) is 11.8. The van der Waals surface area contributed by atoms with Crippen LogP contribution in [0.3, 0.4) is 0 Å². The van der Waals surface area contributed by atoms with Crippen molar-refractivity contribution in [3.8, 4) is 28.8 Å². The van der Waals surface area contributed by atoms with E-state index in [4.69, 9.17) is 19.9 Å². The minimum absolute atomic E-state index is 0.00608. The number of nitrogens with two attached hydrogens (primary N) is 1. The van der Waals surface area contributed by atoms with Gasteiger partial charge in [-0.05, 0) is 67.4 Å². The lowest BCUT2D eigenvalue weighted by Gasteiger charge is -2.33. The Bertz CT molecular complexity index is 1930. The molecular weight excluding hydrogens is 671 g/mol. The van der Waals surface area contributed by atoms with E-state index < -0.39 is 54.1 Å². The highest BCUT2D eigenvalue weighted by Gasteiger charge is 2.56. The van der Waals surface area contributed by atoms with Crippen molar-refractivity contribution in [3.05, 3.63) is 113 Å². The van der Waals surface area contributed by atoms with E-state index in [1.165, 1.54) is 69.5 Å². The van der Waals surface area contributed by atoms with Crippen LogP contribution in [0.2, 0.25) is 0 Å². The number of nitrogens with zero attached hydrogens (tertiary/aromatic N) is 2. The van der Waals surface area contributed by atoms with Gasteiger partial charge in [0, 0.05) is 11.1 Å². The Labute approximate surface area is 291 Å². The van der Waals surface area contributed by atoms with E-state index in [0.29, 0.717) is 11.1 Å². The summed E-state index contributed by atoms with van der Waals surface area (Å²) in [5, 5.41) is 25.4. The van der Waals surface area contributed by atoms with Crippen molar-refractivity contribution >= 4 is 17.9 Å². The molecule has 0 aliphatic carbocycles. The molecule has 51 heavy (non-hydrogen) atoms. The Balaban J connectivity index is 1.69. The van der Waals surface area contributed by atoms with E-state index in [1.807, 2.05) is 6.07 Å². The number of ether oxygens (including phenoxy) is 3. The van der Waals surface area contributed by atoms with Crippen LogP contribution in [0.5, 0.6) is 11.5 Å². The number of methoxy groups -OCH3 is 1. The van der Waals surface area contributed by atoms with Crippen LogP contribution in [0.25, 0.3) is 11.3 Å². The second kappa shape index (κ2) is 15.6. The maximum atomic E-state index is 14.9. The number of amides is 3. The summed E-state index contributed by atoms with van der Waals surface area (Å²) < 4.78 is 60.3. The Morgan fingerprint density at radius 1 is 0.961 bits per heavy atom. The van der Waals surface area contributed by atoms with Crippen molar-refractivity contribution in [3.63, 3.8) is 0 Å². The first-order chi connectivity index (χ1) is 24.1. The zero-order chi connectivity index (χ0) is 37.4. The fourth-order valence-electron chi connectivity index (χ4n) is 4.78. The van der Waals surface area contributed by atoms with Crippen molar-refractivity contribution in [2.45, 2.75) is 37.8 Å². The number of alkyl halides is 3. The lowest BCUT2D eigenvalue weighted by atomic mass is 9.88. The highest BCUT2D eigenvalue weighted by atomic mass is 19.4. The predicted octanol–water partition coefficient (Wildman–Crippen LogP) is 4.83. The third-order valence-corrected chi connectivity index (χ3v) is 7.68. The van der Waals surface area contributed by atoms with Gasteiger partial charge in [0.05, 0.1) is 42.2 Å². The molecule has 0 saturated heterocycles. The summed E-state index contributed by atoms with van der Waals surface area (Å²) in [6, 6.07) is 22.7. The number of carbonyl (C=O) groups is 3. The molecule has 1 unspecified atom stereocenters. The van der Waals surface area contributed by atoms with Gasteiger partial charge >= 0.3 is 12.3 Å². The normalized spacial score (nSPS) is 12.5. The van der Waals surface area contributed by atoms with Crippen molar-refractivity contribution in [1.29, 1.82) is 5.26 Å². The molecule has 4 rings (SSSR count). The van der Waals surface area contributed by atoms with Crippen LogP contribution in [0.15, 0.2) is 84.9 Å². The molecule has 1 atom stereocenters. The van der Waals surface area contributed by atoms with Gasteiger partial charge in [0.2, 0.25) is 5.60 Å². The van der Waals surface area contributed by atoms with E-state index >= 15 is 0 Å². The maximum absolute atomic E-state index is 14.9. The van der Waals surface area contributed by atoms with Crippen LogP contribution < -0.4 is 25.8 Å². The molecule has 3 aromatic carbocycles. The summed E-state index contributed by atoms with van der Waals surface area (Å²) in [5.41, 5.74) is 0.327. The number of rotatable bonds is 13. The molecule has 0 spiro atoms. The van der Waals surface area contributed by atoms with E-state index in [-0.39, 0.29) is 40.5 Å². The summed E-state index contributed by atoms with van der Waals surface area (Å²) in [6.07, 6.45) is -6.23. The van der Waals surface area contributed by atoms with Crippen molar-refractivity contribution in [1.82, 2.24) is 15.6 Å². The van der Waals surface area contributed by atoms with Crippen LogP contribution in [-0.2, 0) is 27.3 Å². The van der Waals surface area contributed by atoms with E-state index in [1.54, 1.807) is 30.3 Å². The minimum atomic E-state index is -5.37. The summed E-state index contributed by atoms with van der Waals surface area (Å²) >= 11 is 0. The van der Waals surface area contributed by atoms with Gasteiger partial charge < -0.3 is 35.7 Å². The van der Waals surface area contributed by atoms with Gasteiger partial charge in [-0.25, -0.2) is 9.78 Å².